The van der Waals surface area contributed by atoms with Gasteiger partial charge in [-0.1, -0.05) is 19.3 Å². The van der Waals surface area contributed by atoms with E-state index in [4.69, 9.17) is 9.47 Å². The van der Waals surface area contributed by atoms with Gasteiger partial charge in [0.15, 0.2) is 0 Å². The lowest BCUT2D eigenvalue weighted by molar-refractivity contribution is 0.279. The first-order chi connectivity index (χ1) is 9.74. The predicted molar refractivity (Wildman–Crippen MR) is 82.4 cm³/mol. The molecule has 1 fully saturated rings. The molecule has 1 atom stereocenters. The third-order valence-corrected chi connectivity index (χ3v) is 4.46. The Morgan fingerprint density at radius 1 is 1.15 bits per heavy atom. The molecule has 1 N–H and O–H groups in total. The Morgan fingerprint density at radius 3 is 2.55 bits per heavy atom. The van der Waals surface area contributed by atoms with E-state index in [0.29, 0.717) is 6.04 Å². The summed E-state index contributed by atoms with van der Waals surface area (Å²) in [6.07, 6.45) is 6.91. The molecule has 1 aliphatic carbocycles. The third kappa shape index (κ3) is 3.89. The van der Waals surface area contributed by atoms with Gasteiger partial charge in [0, 0.05) is 18.2 Å². The molecule has 0 saturated heterocycles. The standard InChI is InChI=1S/C17H27NO2/c1-13(14-7-5-4-6-8-14)18-12-15-11-16(19-2)9-10-17(15)20-3/h9-11,13-14,18H,4-8,12H2,1-3H3/t13-/m0/s1. The summed E-state index contributed by atoms with van der Waals surface area (Å²) in [5.74, 6) is 2.63. The molecule has 0 aromatic heterocycles. The fourth-order valence-electron chi connectivity index (χ4n) is 3.09. The molecular formula is C17H27NO2. The SMILES string of the molecule is COc1ccc(OC)c(CN[C@@H](C)C2CCCCC2)c1. The minimum atomic E-state index is 0.561. The van der Waals surface area contributed by atoms with Crippen molar-refractivity contribution in [3.05, 3.63) is 23.8 Å². The normalized spacial score (nSPS) is 17.8. The minimum Gasteiger partial charge on any atom is -0.497 e. The molecule has 1 saturated carbocycles. The van der Waals surface area contributed by atoms with Crippen LogP contribution < -0.4 is 14.8 Å². The van der Waals surface area contributed by atoms with Crippen LogP contribution in [0.4, 0.5) is 0 Å². The Hall–Kier alpha value is -1.22. The van der Waals surface area contributed by atoms with E-state index in [0.717, 1.165) is 29.5 Å². The molecule has 112 valence electrons. The van der Waals surface area contributed by atoms with Crippen LogP contribution in [0.3, 0.4) is 0 Å². The van der Waals surface area contributed by atoms with Gasteiger partial charge in [-0.05, 0) is 43.9 Å². The van der Waals surface area contributed by atoms with Crippen molar-refractivity contribution in [1.82, 2.24) is 5.32 Å². The summed E-state index contributed by atoms with van der Waals surface area (Å²) in [4.78, 5) is 0. The number of hydrogen-bond acceptors (Lipinski definition) is 3. The van der Waals surface area contributed by atoms with Gasteiger partial charge in [0.25, 0.3) is 0 Å². The van der Waals surface area contributed by atoms with E-state index in [9.17, 15) is 0 Å². The molecule has 3 heteroatoms. The summed E-state index contributed by atoms with van der Waals surface area (Å²) in [5, 5.41) is 3.66. The van der Waals surface area contributed by atoms with Crippen molar-refractivity contribution in [3.8, 4) is 11.5 Å². The van der Waals surface area contributed by atoms with E-state index in [2.05, 4.69) is 18.3 Å². The first-order valence-electron chi connectivity index (χ1n) is 7.69. The van der Waals surface area contributed by atoms with Gasteiger partial charge < -0.3 is 14.8 Å². The maximum Gasteiger partial charge on any atom is 0.123 e. The molecule has 0 bridgehead atoms. The van der Waals surface area contributed by atoms with Crippen LogP contribution in [0.25, 0.3) is 0 Å². The highest BCUT2D eigenvalue weighted by Crippen LogP contribution is 2.28. The summed E-state index contributed by atoms with van der Waals surface area (Å²) < 4.78 is 10.7. The lowest BCUT2D eigenvalue weighted by atomic mass is 9.84. The minimum absolute atomic E-state index is 0.561. The van der Waals surface area contributed by atoms with Gasteiger partial charge in [0.2, 0.25) is 0 Å². The van der Waals surface area contributed by atoms with Crippen LogP contribution in [0.1, 0.15) is 44.6 Å². The van der Waals surface area contributed by atoms with E-state index in [1.54, 1.807) is 14.2 Å². The van der Waals surface area contributed by atoms with Crippen molar-refractivity contribution in [2.24, 2.45) is 5.92 Å². The first kappa shape index (κ1) is 15.2. The van der Waals surface area contributed by atoms with Crippen LogP contribution in [0, 0.1) is 5.92 Å². The Bertz CT molecular complexity index is 413. The number of benzene rings is 1. The lowest BCUT2D eigenvalue weighted by Gasteiger charge is -2.28. The van der Waals surface area contributed by atoms with Crippen LogP contribution in [-0.4, -0.2) is 20.3 Å². The van der Waals surface area contributed by atoms with E-state index in [1.165, 1.54) is 32.1 Å². The smallest absolute Gasteiger partial charge is 0.123 e. The van der Waals surface area contributed by atoms with Gasteiger partial charge in [-0.25, -0.2) is 0 Å². The molecule has 0 spiro atoms. The quantitative estimate of drug-likeness (QED) is 0.858. The second-order valence-electron chi connectivity index (χ2n) is 5.75. The number of rotatable bonds is 6. The Balaban J connectivity index is 1.94. The van der Waals surface area contributed by atoms with E-state index >= 15 is 0 Å². The van der Waals surface area contributed by atoms with Crippen molar-refractivity contribution in [2.45, 2.75) is 51.6 Å². The molecule has 1 aromatic carbocycles. The molecule has 1 aliphatic rings. The molecule has 0 heterocycles. The summed E-state index contributed by atoms with van der Waals surface area (Å²) in [6.45, 7) is 3.14. The number of hydrogen-bond donors (Lipinski definition) is 1. The second-order valence-corrected chi connectivity index (χ2v) is 5.75. The highest BCUT2D eigenvalue weighted by atomic mass is 16.5. The zero-order valence-electron chi connectivity index (χ0n) is 12.9. The van der Waals surface area contributed by atoms with Crippen molar-refractivity contribution >= 4 is 0 Å². The number of methoxy groups -OCH3 is 2. The average molecular weight is 277 g/mol. The second kappa shape index (κ2) is 7.53. The van der Waals surface area contributed by atoms with Gasteiger partial charge in [0.1, 0.15) is 11.5 Å². The van der Waals surface area contributed by atoms with Crippen molar-refractivity contribution in [2.75, 3.05) is 14.2 Å². The zero-order chi connectivity index (χ0) is 14.4. The molecular weight excluding hydrogens is 250 g/mol. The lowest BCUT2D eigenvalue weighted by Crippen LogP contribution is -2.34. The fraction of sp³-hybridized carbons (Fsp3) is 0.647. The Morgan fingerprint density at radius 2 is 1.90 bits per heavy atom. The molecule has 0 aliphatic heterocycles. The van der Waals surface area contributed by atoms with Gasteiger partial charge in [-0.15, -0.1) is 0 Å². The molecule has 0 amide bonds. The molecule has 20 heavy (non-hydrogen) atoms. The van der Waals surface area contributed by atoms with Crippen LogP contribution in [-0.2, 0) is 6.54 Å². The van der Waals surface area contributed by atoms with Crippen molar-refractivity contribution in [1.29, 1.82) is 0 Å². The van der Waals surface area contributed by atoms with E-state index in [-0.39, 0.29) is 0 Å². The first-order valence-corrected chi connectivity index (χ1v) is 7.69. The van der Waals surface area contributed by atoms with E-state index < -0.39 is 0 Å². The van der Waals surface area contributed by atoms with Crippen LogP contribution in [0.2, 0.25) is 0 Å². The molecule has 2 rings (SSSR count). The van der Waals surface area contributed by atoms with Crippen molar-refractivity contribution < 1.29 is 9.47 Å². The highest BCUT2D eigenvalue weighted by molar-refractivity contribution is 5.40. The van der Waals surface area contributed by atoms with Gasteiger partial charge in [-0.2, -0.15) is 0 Å². The average Bonchev–Trinajstić information content (AvgIpc) is 2.53. The Kier molecular flexibility index (Phi) is 5.72. The van der Waals surface area contributed by atoms with Gasteiger partial charge in [0.05, 0.1) is 14.2 Å². The number of nitrogens with one attached hydrogen (secondary N) is 1. The zero-order valence-corrected chi connectivity index (χ0v) is 12.9. The maximum absolute atomic E-state index is 5.43. The van der Waals surface area contributed by atoms with Gasteiger partial charge >= 0.3 is 0 Å². The highest BCUT2D eigenvalue weighted by Gasteiger charge is 2.19. The van der Waals surface area contributed by atoms with Crippen LogP contribution in [0.15, 0.2) is 18.2 Å². The molecule has 3 nitrogen and oxygen atoms in total. The van der Waals surface area contributed by atoms with Gasteiger partial charge in [-0.3, -0.25) is 0 Å². The molecule has 1 aromatic rings. The van der Waals surface area contributed by atoms with Crippen LogP contribution >= 0.6 is 0 Å². The monoisotopic (exact) mass is 277 g/mol. The summed E-state index contributed by atoms with van der Waals surface area (Å²) in [7, 11) is 3.42. The number of ether oxygens (including phenoxy) is 2. The fourth-order valence-corrected chi connectivity index (χ4v) is 3.09. The topological polar surface area (TPSA) is 30.5 Å². The van der Waals surface area contributed by atoms with E-state index in [1.807, 2.05) is 12.1 Å². The largest absolute Gasteiger partial charge is 0.497 e. The molecule has 0 radical (unpaired) electrons. The maximum atomic E-state index is 5.43. The molecule has 0 unspecified atom stereocenters. The summed E-state index contributed by atoms with van der Waals surface area (Å²) >= 11 is 0. The summed E-state index contributed by atoms with van der Waals surface area (Å²) in [6, 6.07) is 6.53. The Labute approximate surface area is 122 Å². The van der Waals surface area contributed by atoms with Crippen LogP contribution in [0.5, 0.6) is 11.5 Å². The van der Waals surface area contributed by atoms with Crippen molar-refractivity contribution in [3.63, 3.8) is 0 Å². The summed E-state index contributed by atoms with van der Waals surface area (Å²) in [5.41, 5.74) is 1.16. The predicted octanol–water partition coefficient (Wildman–Crippen LogP) is 3.76. The third-order valence-electron chi connectivity index (χ3n) is 4.46.